The molecule has 1 N–H and O–H groups in total. The first kappa shape index (κ1) is 15.6. The van der Waals surface area contributed by atoms with Crippen LogP contribution < -0.4 is 0 Å². The summed E-state index contributed by atoms with van der Waals surface area (Å²) in [4.78, 5) is 15.5. The van der Waals surface area contributed by atoms with Crippen LogP contribution in [0, 0.1) is 10.1 Å². The van der Waals surface area contributed by atoms with Crippen molar-refractivity contribution in [3.8, 4) is 27.6 Å². The molecule has 0 spiro atoms. The molecule has 0 aliphatic carbocycles. The van der Waals surface area contributed by atoms with Gasteiger partial charge in [-0.3, -0.25) is 10.1 Å². The highest BCUT2D eigenvalue weighted by Crippen LogP contribution is 2.35. The Bertz CT molecular complexity index is 1090. The van der Waals surface area contributed by atoms with Crippen molar-refractivity contribution in [1.29, 1.82) is 0 Å². The molecule has 0 radical (unpaired) electrons. The van der Waals surface area contributed by atoms with Gasteiger partial charge in [-0.05, 0) is 18.2 Å². The van der Waals surface area contributed by atoms with Gasteiger partial charge in [0.2, 0.25) is 4.96 Å². The third-order valence-corrected chi connectivity index (χ3v) is 4.90. The number of phenolic OH excluding ortho intramolecular Hbond substituents is 1. The summed E-state index contributed by atoms with van der Waals surface area (Å²) in [6, 6.07) is 11.1. The maximum absolute atomic E-state index is 11.0. The molecule has 25 heavy (non-hydrogen) atoms. The van der Waals surface area contributed by atoms with Gasteiger partial charge in [0.1, 0.15) is 10.8 Å². The molecule has 7 nitrogen and oxygen atoms in total. The van der Waals surface area contributed by atoms with E-state index in [2.05, 4.69) is 10.1 Å². The Morgan fingerprint density at radius 2 is 2.00 bits per heavy atom. The minimum absolute atomic E-state index is 0.0536. The molecule has 0 unspecified atom stereocenters. The van der Waals surface area contributed by atoms with Crippen LogP contribution in [0.3, 0.4) is 0 Å². The number of hydrogen-bond acceptors (Lipinski definition) is 6. The van der Waals surface area contributed by atoms with E-state index >= 15 is 0 Å². The van der Waals surface area contributed by atoms with Crippen LogP contribution in [-0.2, 0) is 0 Å². The second-order valence-corrected chi connectivity index (χ2v) is 6.56. The minimum atomic E-state index is -0.477. The average Bonchev–Trinajstić information content (AvgIpc) is 3.14. The molecule has 4 aromatic rings. The van der Waals surface area contributed by atoms with E-state index in [1.807, 2.05) is 6.07 Å². The lowest BCUT2D eigenvalue weighted by molar-refractivity contribution is -0.384. The summed E-state index contributed by atoms with van der Waals surface area (Å²) in [5.74, 6) is 0.134. The smallest absolute Gasteiger partial charge is 0.270 e. The number of phenols is 1. The second-order valence-electron chi connectivity index (χ2n) is 5.20. The average molecular weight is 373 g/mol. The van der Waals surface area contributed by atoms with Crippen LogP contribution in [0.2, 0.25) is 5.02 Å². The number of rotatable bonds is 3. The SMILES string of the molecule is O=[N+]([O-])c1ccc(Cl)c(-c2nn3cc(-c4ccccc4O)nc3s2)c1. The summed E-state index contributed by atoms with van der Waals surface area (Å²) in [7, 11) is 0. The number of imidazole rings is 1. The number of non-ortho nitro benzene ring substituents is 1. The molecular weight excluding hydrogens is 364 g/mol. The predicted molar refractivity (Wildman–Crippen MR) is 95.1 cm³/mol. The van der Waals surface area contributed by atoms with E-state index in [1.165, 1.54) is 29.5 Å². The molecule has 124 valence electrons. The van der Waals surface area contributed by atoms with Crippen molar-refractivity contribution in [3.63, 3.8) is 0 Å². The van der Waals surface area contributed by atoms with E-state index in [0.717, 1.165) is 0 Å². The Kier molecular flexibility index (Phi) is 3.63. The van der Waals surface area contributed by atoms with Gasteiger partial charge >= 0.3 is 0 Å². The minimum Gasteiger partial charge on any atom is -0.507 e. The number of para-hydroxylation sites is 1. The van der Waals surface area contributed by atoms with E-state index in [4.69, 9.17) is 11.6 Å². The first-order valence-electron chi connectivity index (χ1n) is 7.12. The van der Waals surface area contributed by atoms with Crippen LogP contribution in [0.1, 0.15) is 0 Å². The number of aromatic hydroxyl groups is 1. The van der Waals surface area contributed by atoms with Gasteiger partial charge in [0.25, 0.3) is 5.69 Å². The van der Waals surface area contributed by atoms with E-state index in [-0.39, 0.29) is 11.4 Å². The number of hydrogen-bond donors (Lipinski definition) is 1. The van der Waals surface area contributed by atoms with Crippen molar-refractivity contribution < 1.29 is 10.0 Å². The van der Waals surface area contributed by atoms with E-state index in [0.29, 0.717) is 31.8 Å². The van der Waals surface area contributed by atoms with E-state index in [9.17, 15) is 15.2 Å². The van der Waals surface area contributed by atoms with Crippen molar-refractivity contribution in [2.45, 2.75) is 0 Å². The van der Waals surface area contributed by atoms with Crippen molar-refractivity contribution in [1.82, 2.24) is 14.6 Å². The van der Waals surface area contributed by atoms with Crippen LogP contribution in [0.5, 0.6) is 5.75 Å². The highest BCUT2D eigenvalue weighted by molar-refractivity contribution is 7.19. The highest BCUT2D eigenvalue weighted by Gasteiger charge is 2.17. The number of fused-ring (bicyclic) bond motifs is 1. The van der Waals surface area contributed by atoms with Gasteiger partial charge in [-0.1, -0.05) is 35.1 Å². The predicted octanol–water partition coefficient (Wildman–Crippen LogP) is 4.39. The molecule has 4 rings (SSSR count). The fourth-order valence-corrected chi connectivity index (χ4v) is 3.59. The molecule has 0 saturated carbocycles. The zero-order valence-electron chi connectivity index (χ0n) is 12.5. The zero-order valence-corrected chi connectivity index (χ0v) is 14.0. The number of halogens is 1. The Morgan fingerprint density at radius 1 is 1.20 bits per heavy atom. The van der Waals surface area contributed by atoms with Gasteiger partial charge in [0.05, 0.1) is 21.8 Å². The molecule has 0 atom stereocenters. The van der Waals surface area contributed by atoms with Crippen molar-refractivity contribution in [3.05, 3.63) is 63.8 Å². The van der Waals surface area contributed by atoms with Crippen molar-refractivity contribution >= 4 is 33.6 Å². The van der Waals surface area contributed by atoms with Gasteiger partial charge in [0, 0.05) is 23.3 Å². The maximum Gasteiger partial charge on any atom is 0.270 e. The Morgan fingerprint density at radius 3 is 2.72 bits per heavy atom. The number of nitro benzene ring substituents is 1. The molecule has 2 aromatic heterocycles. The van der Waals surface area contributed by atoms with Crippen molar-refractivity contribution in [2.75, 3.05) is 0 Å². The van der Waals surface area contributed by atoms with Crippen LogP contribution in [0.15, 0.2) is 48.7 Å². The monoisotopic (exact) mass is 372 g/mol. The molecule has 9 heteroatoms. The summed E-state index contributed by atoms with van der Waals surface area (Å²) >= 11 is 7.42. The molecule has 0 bridgehead atoms. The Balaban J connectivity index is 1.79. The molecule has 0 amide bonds. The second kappa shape index (κ2) is 5.83. The molecule has 0 aliphatic heterocycles. The third-order valence-electron chi connectivity index (χ3n) is 3.61. The van der Waals surface area contributed by atoms with Gasteiger partial charge in [-0.15, -0.1) is 0 Å². The Labute approximate surface area is 149 Å². The number of nitro groups is 1. The van der Waals surface area contributed by atoms with Gasteiger partial charge in [0.15, 0.2) is 0 Å². The molecule has 0 fully saturated rings. The highest BCUT2D eigenvalue weighted by atomic mass is 35.5. The lowest BCUT2D eigenvalue weighted by Gasteiger charge is -2.00. The first-order valence-corrected chi connectivity index (χ1v) is 8.31. The maximum atomic E-state index is 11.0. The summed E-state index contributed by atoms with van der Waals surface area (Å²) < 4.78 is 1.57. The fraction of sp³-hybridized carbons (Fsp3) is 0. The summed E-state index contributed by atoms with van der Waals surface area (Å²) in [6.07, 6.45) is 1.69. The van der Waals surface area contributed by atoms with Crippen LogP contribution in [-0.4, -0.2) is 24.6 Å². The number of benzene rings is 2. The first-order chi connectivity index (χ1) is 12.0. The van der Waals surface area contributed by atoms with Crippen LogP contribution in [0.25, 0.3) is 26.8 Å². The van der Waals surface area contributed by atoms with Crippen molar-refractivity contribution in [2.24, 2.45) is 0 Å². The van der Waals surface area contributed by atoms with E-state index < -0.39 is 4.92 Å². The van der Waals surface area contributed by atoms with Crippen LogP contribution >= 0.6 is 22.9 Å². The summed E-state index contributed by atoms with van der Waals surface area (Å²) in [5.41, 5.74) is 1.63. The van der Waals surface area contributed by atoms with E-state index in [1.54, 1.807) is 28.9 Å². The third kappa shape index (κ3) is 2.71. The normalized spacial score (nSPS) is 11.1. The summed E-state index contributed by atoms with van der Waals surface area (Å²) in [6.45, 7) is 0. The fourth-order valence-electron chi connectivity index (χ4n) is 2.42. The molecule has 2 heterocycles. The summed E-state index contributed by atoms with van der Waals surface area (Å²) in [5, 5.41) is 26.2. The molecule has 2 aromatic carbocycles. The Hall–Kier alpha value is -2.97. The largest absolute Gasteiger partial charge is 0.507 e. The molecule has 0 aliphatic rings. The lowest BCUT2D eigenvalue weighted by Crippen LogP contribution is -1.89. The molecular formula is C16H9ClN4O3S. The topological polar surface area (TPSA) is 93.6 Å². The number of aromatic nitrogens is 3. The standard InChI is InChI=1S/C16H9ClN4O3S/c17-12-6-5-9(21(23)24)7-11(12)15-19-20-8-13(18-16(20)25-15)10-3-1-2-4-14(10)22/h1-8,22H. The number of nitrogens with zero attached hydrogens (tertiary/aromatic N) is 4. The quantitative estimate of drug-likeness (QED) is 0.425. The van der Waals surface area contributed by atoms with Gasteiger partial charge in [-0.2, -0.15) is 5.10 Å². The zero-order chi connectivity index (χ0) is 17.6. The van der Waals surface area contributed by atoms with Crippen LogP contribution in [0.4, 0.5) is 5.69 Å². The lowest BCUT2D eigenvalue weighted by atomic mass is 10.1. The van der Waals surface area contributed by atoms with Gasteiger partial charge < -0.3 is 5.11 Å². The van der Waals surface area contributed by atoms with Gasteiger partial charge in [-0.25, -0.2) is 9.50 Å². The molecule has 0 saturated heterocycles.